The molecule has 4 nitrogen and oxygen atoms in total. The number of imidazole rings is 1. The van der Waals surface area contributed by atoms with Crippen LogP contribution in [0.1, 0.15) is 37.1 Å². The summed E-state index contributed by atoms with van der Waals surface area (Å²) in [5.74, 6) is -1.60. The lowest BCUT2D eigenvalue weighted by molar-refractivity contribution is -0.0395. The first-order valence-corrected chi connectivity index (χ1v) is 9.55. The maximum Gasteiger partial charge on any atom is 0.248 e. The Kier molecular flexibility index (Phi) is 5.59. The molecule has 2 aromatic rings. The molecule has 1 heterocycles. The number of hydrogen-bond acceptors (Lipinski definition) is 3. The minimum absolute atomic E-state index is 0.00446. The van der Waals surface area contributed by atoms with E-state index in [0.717, 1.165) is 33.9 Å². The molecule has 0 atom stereocenters. The third kappa shape index (κ3) is 4.11. The van der Waals surface area contributed by atoms with Crippen molar-refractivity contribution in [3.05, 3.63) is 54.6 Å². The van der Waals surface area contributed by atoms with Crippen LogP contribution in [0.25, 0.3) is 16.8 Å². The minimum atomic E-state index is -2.54. The van der Waals surface area contributed by atoms with E-state index in [1.54, 1.807) is 0 Å². The Labute approximate surface area is 165 Å². The highest BCUT2D eigenvalue weighted by atomic mass is 19.3. The van der Waals surface area contributed by atoms with Crippen molar-refractivity contribution in [3.63, 3.8) is 0 Å². The Hall–Kier alpha value is -2.63. The predicted molar refractivity (Wildman–Crippen MR) is 111 cm³/mol. The third-order valence-electron chi connectivity index (χ3n) is 5.59. The van der Waals surface area contributed by atoms with Gasteiger partial charge in [0.05, 0.1) is 11.9 Å². The molecule has 0 saturated heterocycles. The second kappa shape index (κ2) is 7.78. The van der Waals surface area contributed by atoms with E-state index < -0.39 is 5.92 Å². The second-order valence-corrected chi connectivity index (χ2v) is 7.49. The van der Waals surface area contributed by atoms with Crippen LogP contribution in [0.2, 0.25) is 0 Å². The van der Waals surface area contributed by atoms with Crippen molar-refractivity contribution in [2.75, 3.05) is 12.4 Å². The monoisotopic (exact) mass is 386 g/mol. The first-order chi connectivity index (χ1) is 13.2. The number of hydrogen-bond donors (Lipinski definition) is 2. The van der Waals surface area contributed by atoms with Crippen molar-refractivity contribution in [3.8, 4) is 11.3 Å². The molecule has 0 amide bonds. The van der Waals surface area contributed by atoms with Crippen LogP contribution in [0, 0.1) is 6.92 Å². The predicted octanol–water partition coefficient (Wildman–Crippen LogP) is 5.13. The summed E-state index contributed by atoms with van der Waals surface area (Å²) in [6.45, 7) is 10.3. The number of anilines is 1. The summed E-state index contributed by atoms with van der Waals surface area (Å²) in [6.07, 6.45) is 2.56. The highest BCUT2D eigenvalue weighted by Gasteiger charge is 2.35. The lowest BCUT2D eigenvalue weighted by Gasteiger charge is -2.30. The van der Waals surface area contributed by atoms with Crippen LogP contribution < -0.4 is 10.6 Å². The molecule has 1 fully saturated rings. The number of halogens is 2. The maximum absolute atomic E-state index is 13.4. The molecule has 1 aliphatic rings. The van der Waals surface area contributed by atoms with Gasteiger partial charge in [0, 0.05) is 55.5 Å². The third-order valence-corrected chi connectivity index (χ3v) is 5.59. The van der Waals surface area contributed by atoms with Crippen LogP contribution in [0.15, 0.2) is 43.3 Å². The lowest BCUT2D eigenvalue weighted by Crippen LogP contribution is -2.36. The van der Waals surface area contributed by atoms with Gasteiger partial charge < -0.3 is 15.2 Å². The number of rotatable bonds is 6. The molecule has 1 aliphatic carbocycles. The average molecular weight is 386 g/mol. The zero-order valence-electron chi connectivity index (χ0n) is 16.8. The van der Waals surface area contributed by atoms with Gasteiger partial charge >= 0.3 is 0 Å². The van der Waals surface area contributed by atoms with E-state index in [9.17, 15) is 8.78 Å². The van der Waals surface area contributed by atoms with Gasteiger partial charge in [-0.25, -0.2) is 13.8 Å². The zero-order chi connectivity index (χ0) is 20.5. The summed E-state index contributed by atoms with van der Waals surface area (Å²) >= 11 is 0. The van der Waals surface area contributed by atoms with E-state index in [0.29, 0.717) is 18.5 Å². The lowest BCUT2D eigenvalue weighted by atomic mass is 9.91. The number of nitrogens with one attached hydrogen (secondary N) is 2. The molecule has 3 rings (SSSR count). The Balaban J connectivity index is 1.81. The summed E-state index contributed by atoms with van der Waals surface area (Å²) in [4.78, 5) is 4.37. The molecule has 28 heavy (non-hydrogen) atoms. The van der Waals surface area contributed by atoms with Gasteiger partial charge in [-0.3, -0.25) is 0 Å². The molecule has 2 N–H and O–H groups in total. The van der Waals surface area contributed by atoms with Crippen molar-refractivity contribution < 1.29 is 8.78 Å². The van der Waals surface area contributed by atoms with Gasteiger partial charge in [0.25, 0.3) is 0 Å². The standard InChI is InChI=1S/C22H28F2N4/c1-14(15(2)27-18-8-10-22(23,24)11-9-18)19-12-17(6-7-20(19)25-4)21-13-26-16(3)28(21)5/h6-7,12-13,18,25,27H,1-2,8-11H2,3-5H3. The Bertz CT molecular complexity index is 888. The summed E-state index contributed by atoms with van der Waals surface area (Å²) in [5, 5.41) is 6.50. The molecule has 1 aromatic carbocycles. The highest BCUT2D eigenvalue weighted by molar-refractivity contribution is 5.86. The van der Waals surface area contributed by atoms with Crippen LogP contribution in [0.4, 0.5) is 14.5 Å². The van der Waals surface area contributed by atoms with Crippen molar-refractivity contribution >= 4 is 11.3 Å². The summed E-state index contributed by atoms with van der Waals surface area (Å²) in [7, 11) is 3.84. The van der Waals surface area contributed by atoms with E-state index in [1.165, 1.54) is 0 Å². The Morgan fingerprint density at radius 2 is 1.93 bits per heavy atom. The molecule has 1 aromatic heterocycles. The SMILES string of the molecule is C=C(NC1CCC(F)(F)CC1)C(=C)c1cc(-c2cnc(C)n2C)ccc1NC. The van der Waals surface area contributed by atoms with Crippen LogP contribution in [-0.2, 0) is 7.05 Å². The molecule has 0 bridgehead atoms. The van der Waals surface area contributed by atoms with Crippen molar-refractivity contribution in [2.45, 2.75) is 44.6 Å². The topological polar surface area (TPSA) is 41.9 Å². The van der Waals surface area contributed by atoms with Gasteiger partial charge in [0.2, 0.25) is 5.92 Å². The Morgan fingerprint density at radius 1 is 1.25 bits per heavy atom. The summed E-state index contributed by atoms with van der Waals surface area (Å²) in [6, 6.07) is 6.11. The maximum atomic E-state index is 13.4. The molecular weight excluding hydrogens is 358 g/mol. The van der Waals surface area contributed by atoms with Crippen molar-refractivity contribution in [2.24, 2.45) is 7.05 Å². The fraction of sp³-hybridized carbons (Fsp3) is 0.409. The van der Waals surface area contributed by atoms with Crippen molar-refractivity contribution in [1.29, 1.82) is 0 Å². The minimum Gasteiger partial charge on any atom is -0.388 e. The van der Waals surface area contributed by atoms with E-state index >= 15 is 0 Å². The number of alkyl halides is 2. The molecule has 0 radical (unpaired) electrons. The largest absolute Gasteiger partial charge is 0.388 e. The number of allylic oxidation sites excluding steroid dienone is 1. The van der Waals surface area contributed by atoms with Gasteiger partial charge in [-0.05, 0) is 37.5 Å². The average Bonchev–Trinajstić information content (AvgIpc) is 3.01. The van der Waals surface area contributed by atoms with Crippen LogP contribution in [-0.4, -0.2) is 28.6 Å². The zero-order valence-corrected chi connectivity index (χ0v) is 16.8. The van der Waals surface area contributed by atoms with Crippen LogP contribution in [0.5, 0.6) is 0 Å². The molecular formula is C22H28F2N4. The fourth-order valence-corrected chi connectivity index (χ4v) is 3.62. The molecule has 1 saturated carbocycles. The van der Waals surface area contributed by atoms with E-state index in [2.05, 4.69) is 34.8 Å². The molecule has 150 valence electrons. The van der Waals surface area contributed by atoms with Gasteiger partial charge in [-0.15, -0.1) is 0 Å². The Morgan fingerprint density at radius 3 is 2.50 bits per heavy atom. The fourth-order valence-electron chi connectivity index (χ4n) is 3.62. The molecule has 0 unspecified atom stereocenters. The van der Waals surface area contributed by atoms with Crippen LogP contribution in [0.3, 0.4) is 0 Å². The number of nitrogens with zero attached hydrogens (tertiary/aromatic N) is 2. The van der Waals surface area contributed by atoms with Gasteiger partial charge in [0.15, 0.2) is 0 Å². The van der Waals surface area contributed by atoms with E-state index in [4.69, 9.17) is 0 Å². The number of aromatic nitrogens is 2. The number of aryl methyl sites for hydroxylation is 1. The van der Waals surface area contributed by atoms with Gasteiger partial charge in [0.1, 0.15) is 5.82 Å². The normalized spacial score (nSPS) is 16.6. The van der Waals surface area contributed by atoms with Crippen LogP contribution >= 0.6 is 0 Å². The first-order valence-electron chi connectivity index (χ1n) is 9.55. The highest BCUT2D eigenvalue weighted by Crippen LogP contribution is 2.35. The van der Waals surface area contributed by atoms with Crippen molar-refractivity contribution in [1.82, 2.24) is 14.9 Å². The second-order valence-electron chi connectivity index (χ2n) is 7.49. The van der Waals surface area contributed by atoms with Gasteiger partial charge in [-0.2, -0.15) is 0 Å². The van der Waals surface area contributed by atoms with Gasteiger partial charge in [-0.1, -0.05) is 19.2 Å². The summed E-state index contributed by atoms with van der Waals surface area (Å²) < 4.78 is 28.8. The summed E-state index contributed by atoms with van der Waals surface area (Å²) in [5.41, 5.74) is 5.33. The van der Waals surface area contributed by atoms with E-state index in [1.807, 2.05) is 43.9 Å². The quantitative estimate of drug-likeness (QED) is 0.676. The molecule has 6 heteroatoms. The van der Waals surface area contributed by atoms with E-state index in [-0.39, 0.29) is 18.9 Å². The smallest absolute Gasteiger partial charge is 0.248 e. The molecule has 0 spiro atoms. The number of benzene rings is 1. The first kappa shape index (κ1) is 20.1. The molecule has 0 aliphatic heterocycles.